The van der Waals surface area contributed by atoms with Gasteiger partial charge in [-0.3, -0.25) is 0 Å². The first-order valence-corrected chi connectivity index (χ1v) is 7.27. The molecule has 0 heterocycles. The summed E-state index contributed by atoms with van der Waals surface area (Å²) in [6.07, 6.45) is 19.0. The van der Waals surface area contributed by atoms with Crippen molar-refractivity contribution in [2.24, 2.45) is 0 Å². The second-order valence-corrected chi connectivity index (χ2v) is 5.18. The summed E-state index contributed by atoms with van der Waals surface area (Å²) in [6.45, 7) is 2.29. The smallest absolute Gasteiger partial charge is 0.0241 e. The Labute approximate surface area is 96.8 Å². The quantitative estimate of drug-likeness (QED) is 0.452. The van der Waals surface area contributed by atoms with Crippen LogP contribution in [-0.4, -0.2) is 0 Å². The van der Waals surface area contributed by atoms with Gasteiger partial charge in [-0.15, -0.1) is 0 Å². The van der Waals surface area contributed by atoms with Crippen LogP contribution in [-0.2, 0) is 0 Å². The number of rotatable bonds is 8. The molecular formula is C15H29. The van der Waals surface area contributed by atoms with Crippen LogP contribution in [0.3, 0.4) is 0 Å². The average molecular weight is 209 g/mol. The van der Waals surface area contributed by atoms with E-state index >= 15 is 0 Å². The maximum Gasteiger partial charge on any atom is -0.0241 e. The molecule has 0 aromatic rings. The monoisotopic (exact) mass is 209 g/mol. The van der Waals surface area contributed by atoms with E-state index in [0.29, 0.717) is 0 Å². The van der Waals surface area contributed by atoms with Crippen molar-refractivity contribution >= 4 is 0 Å². The van der Waals surface area contributed by atoms with Gasteiger partial charge in [-0.2, -0.15) is 0 Å². The van der Waals surface area contributed by atoms with Crippen LogP contribution in [0.4, 0.5) is 0 Å². The molecule has 0 saturated heterocycles. The second-order valence-electron chi connectivity index (χ2n) is 5.18. The molecular weight excluding hydrogens is 180 g/mol. The Balaban J connectivity index is 1.79. The fourth-order valence-corrected chi connectivity index (χ4v) is 2.63. The Kier molecular flexibility index (Phi) is 8.05. The van der Waals surface area contributed by atoms with Gasteiger partial charge in [0, 0.05) is 0 Å². The highest BCUT2D eigenvalue weighted by Gasteiger charge is 2.12. The first-order chi connectivity index (χ1) is 7.43. The van der Waals surface area contributed by atoms with Gasteiger partial charge in [-0.05, 0) is 25.2 Å². The largest absolute Gasteiger partial charge is 0.0654 e. The van der Waals surface area contributed by atoms with Gasteiger partial charge in [-0.25, -0.2) is 0 Å². The zero-order valence-corrected chi connectivity index (χ0v) is 10.7. The van der Waals surface area contributed by atoms with Crippen LogP contribution < -0.4 is 0 Å². The van der Waals surface area contributed by atoms with E-state index < -0.39 is 0 Å². The minimum absolute atomic E-state index is 1.37. The van der Waals surface area contributed by atoms with E-state index in [0.717, 1.165) is 0 Å². The van der Waals surface area contributed by atoms with Crippen molar-refractivity contribution in [2.75, 3.05) is 0 Å². The fraction of sp³-hybridized carbons (Fsp3) is 0.933. The summed E-state index contributed by atoms with van der Waals surface area (Å²) < 4.78 is 0. The molecule has 1 fully saturated rings. The lowest BCUT2D eigenvalue weighted by Gasteiger charge is -2.20. The predicted octanol–water partition coefficient (Wildman–Crippen LogP) is 5.67. The van der Waals surface area contributed by atoms with Gasteiger partial charge >= 0.3 is 0 Å². The molecule has 0 atom stereocenters. The third-order valence-electron chi connectivity index (χ3n) is 3.69. The van der Waals surface area contributed by atoms with Gasteiger partial charge in [0.1, 0.15) is 0 Å². The summed E-state index contributed by atoms with van der Waals surface area (Å²) in [6, 6.07) is 0. The molecule has 0 unspecified atom stereocenters. The van der Waals surface area contributed by atoms with E-state index in [1.165, 1.54) is 83.5 Å². The zero-order chi connectivity index (χ0) is 10.8. The van der Waals surface area contributed by atoms with Crippen molar-refractivity contribution in [3.63, 3.8) is 0 Å². The molecule has 0 aromatic carbocycles. The maximum atomic E-state index is 2.29. The highest BCUT2D eigenvalue weighted by atomic mass is 14.2. The molecule has 1 radical (unpaired) electrons. The molecule has 0 spiro atoms. The van der Waals surface area contributed by atoms with Crippen LogP contribution in [0.15, 0.2) is 0 Å². The minimum atomic E-state index is 1.37. The topological polar surface area (TPSA) is 0 Å². The first kappa shape index (κ1) is 13.1. The molecule has 0 amide bonds. The van der Waals surface area contributed by atoms with E-state index in [9.17, 15) is 0 Å². The van der Waals surface area contributed by atoms with Crippen LogP contribution in [0, 0.1) is 5.92 Å². The SMILES string of the molecule is CCCCCCCCC[C]1CCCCC1. The Morgan fingerprint density at radius 1 is 0.733 bits per heavy atom. The van der Waals surface area contributed by atoms with Gasteiger partial charge in [0.25, 0.3) is 0 Å². The van der Waals surface area contributed by atoms with Crippen molar-refractivity contribution in [2.45, 2.75) is 90.4 Å². The van der Waals surface area contributed by atoms with E-state index in [1.807, 2.05) is 5.92 Å². The van der Waals surface area contributed by atoms with E-state index in [4.69, 9.17) is 0 Å². The molecule has 89 valence electrons. The van der Waals surface area contributed by atoms with E-state index in [-0.39, 0.29) is 0 Å². The predicted molar refractivity (Wildman–Crippen MR) is 68.9 cm³/mol. The molecule has 0 heteroatoms. The highest BCUT2D eigenvalue weighted by Crippen LogP contribution is 2.29. The van der Waals surface area contributed by atoms with E-state index in [2.05, 4.69) is 6.92 Å². The second kappa shape index (κ2) is 9.24. The summed E-state index contributed by atoms with van der Waals surface area (Å²) in [7, 11) is 0. The normalized spacial score (nSPS) is 18.2. The fourth-order valence-electron chi connectivity index (χ4n) is 2.63. The van der Waals surface area contributed by atoms with Crippen LogP contribution in [0.1, 0.15) is 90.4 Å². The molecule has 15 heavy (non-hydrogen) atoms. The first-order valence-electron chi connectivity index (χ1n) is 7.27. The van der Waals surface area contributed by atoms with Gasteiger partial charge in [-0.1, -0.05) is 71.1 Å². The van der Waals surface area contributed by atoms with Crippen LogP contribution >= 0.6 is 0 Å². The van der Waals surface area contributed by atoms with Crippen LogP contribution in [0.2, 0.25) is 0 Å². The summed E-state index contributed by atoms with van der Waals surface area (Å²) in [5, 5.41) is 0. The standard InChI is InChI=1S/C15H29/c1-2-3-4-5-6-7-9-12-15-13-10-8-11-14-15/h2-14H2,1H3. The summed E-state index contributed by atoms with van der Waals surface area (Å²) in [5.74, 6) is 1.88. The molecule has 1 rings (SSSR count). The van der Waals surface area contributed by atoms with Crippen LogP contribution in [0.25, 0.3) is 0 Å². The maximum absolute atomic E-state index is 2.29. The Morgan fingerprint density at radius 2 is 1.33 bits per heavy atom. The lowest BCUT2D eigenvalue weighted by Crippen LogP contribution is -2.03. The zero-order valence-electron chi connectivity index (χ0n) is 10.7. The Morgan fingerprint density at radius 3 is 2.00 bits per heavy atom. The number of hydrogen-bond acceptors (Lipinski definition) is 0. The molecule has 0 nitrogen and oxygen atoms in total. The van der Waals surface area contributed by atoms with Gasteiger partial charge in [0.2, 0.25) is 0 Å². The summed E-state index contributed by atoms with van der Waals surface area (Å²) in [5.41, 5.74) is 0. The lowest BCUT2D eigenvalue weighted by atomic mass is 9.85. The Bertz CT molecular complexity index is 122. The summed E-state index contributed by atoms with van der Waals surface area (Å²) >= 11 is 0. The average Bonchev–Trinajstić information content (AvgIpc) is 2.29. The van der Waals surface area contributed by atoms with E-state index in [1.54, 1.807) is 0 Å². The van der Waals surface area contributed by atoms with Gasteiger partial charge < -0.3 is 0 Å². The highest BCUT2D eigenvalue weighted by molar-refractivity contribution is 4.91. The molecule has 0 bridgehead atoms. The molecule has 1 saturated carbocycles. The van der Waals surface area contributed by atoms with Crippen molar-refractivity contribution in [1.82, 2.24) is 0 Å². The lowest BCUT2D eigenvalue weighted by molar-refractivity contribution is 0.485. The molecule has 0 aliphatic heterocycles. The Hall–Kier alpha value is 0. The van der Waals surface area contributed by atoms with Crippen molar-refractivity contribution in [1.29, 1.82) is 0 Å². The van der Waals surface area contributed by atoms with Crippen molar-refractivity contribution < 1.29 is 0 Å². The summed E-state index contributed by atoms with van der Waals surface area (Å²) in [4.78, 5) is 0. The molecule has 0 aromatic heterocycles. The molecule has 1 aliphatic carbocycles. The van der Waals surface area contributed by atoms with Crippen molar-refractivity contribution in [3.8, 4) is 0 Å². The third-order valence-corrected chi connectivity index (χ3v) is 3.69. The minimum Gasteiger partial charge on any atom is -0.0654 e. The number of hydrogen-bond donors (Lipinski definition) is 0. The van der Waals surface area contributed by atoms with Gasteiger partial charge in [0.05, 0.1) is 0 Å². The van der Waals surface area contributed by atoms with Crippen molar-refractivity contribution in [3.05, 3.63) is 5.92 Å². The van der Waals surface area contributed by atoms with Gasteiger partial charge in [0.15, 0.2) is 0 Å². The third kappa shape index (κ3) is 6.98. The molecule has 1 aliphatic rings. The molecule has 0 N–H and O–H groups in total. The number of unbranched alkanes of at least 4 members (excludes halogenated alkanes) is 6. The van der Waals surface area contributed by atoms with Crippen LogP contribution in [0.5, 0.6) is 0 Å².